The van der Waals surface area contributed by atoms with Gasteiger partial charge >= 0.3 is 0 Å². The van der Waals surface area contributed by atoms with Gasteiger partial charge in [0, 0.05) is 42.6 Å². The Bertz CT molecular complexity index is 713. The molecule has 1 amide bonds. The first-order chi connectivity index (χ1) is 9.66. The number of carbonyl (C=O) groups excluding carboxylic acids is 1. The van der Waals surface area contributed by atoms with Crippen LogP contribution in [0, 0.1) is 0 Å². The van der Waals surface area contributed by atoms with Crippen molar-refractivity contribution in [2.45, 2.75) is 13.0 Å². The Morgan fingerprint density at radius 3 is 2.86 bits per heavy atom. The lowest BCUT2D eigenvalue weighted by atomic mass is 10.1. The van der Waals surface area contributed by atoms with Crippen molar-refractivity contribution in [3.8, 4) is 0 Å². The number of nitrogens with zero attached hydrogens (tertiary/aromatic N) is 1. The van der Waals surface area contributed by atoms with Gasteiger partial charge in [-0.25, -0.2) is 0 Å². The highest BCUT2D eigenvalue weighted by Gasteiger charge is 2.25. The average Bonchev–Trinajstić information content (AvgIpc) is 2.46. The molecule has 1 atom stereocenters. The number of rotatable bonds is 1. The topological polar surface area (TPSA) is 65.2 Å². The van der Waals surface area contributed by atoms with Crippen molar-refractivity contribution in [3.63, 3.8) is 0 Å². The summed E-state index contributed by atoms with van der Waals surface area (Å²) in [6.07, 6.45) is 0. The molecule has 0 aliphatic carbocycles. The monoisotopic (exact) mass is 307 g/mol. The van der Waals surface area contributed by atoms with Crippen LogP contribution in [0.4, 0.5) is 0 Å². The largest absolute Gasteiger partial charge is 0.333 e. The van der Waals surface area contributed by atoms with Crippen LogP contribution < -0.4 is 10.9 Å². The molecule has 0 spiro atoms. The Kier molecular flexibility index (Phi) is 4.65. The number of H-pyrrole nitrogens is 1. The number of carbonyl (C=O) groups is 1. The Morgan fingerprint density at radius 1 is 1.33 bits per heavy atom. The van der Waals surface area contributed by atoms with Gasteiger partial charge in [0.15, 0.2) is 0 Å². The van der Waals surface area contributed by atoms with E-state index in [9.17, 15) is 9.59 Å². The number of aromatic amines is 1. The van der Waals surface area contributed by atoms with Crippen molar-refractivity contribution in [2.75, 3.05) is 19.6 Å². The number of hydrogen-bond acceptors (Lipinski definition) is 3. The van der Waals surface area contributed by atoms with Crippen LogP contribution in [0.1, 0.15) is 17.3 Å². The fraction of sp³-hybridized carbons (Fsp3) is 0.333. The van der Waals surface area contributed by atoms with Crippen LogP contribution in [0.3, 0.4) is 0 Å². The summed E-state index contributed by atoms with van der Waals surface area (Å²) in [5, 5.41) is 4.05. The first-order valence-electron chi connectivity index (χ1n) is 6.80. The standard InChI is InChI=1S/C15H17N3O2.ClH/c1-10-9-16-6-7-18(10)15(20)12-8-14(19)17-13-5-3-2-4-11(12)13;/h2-5,8,10,16H,6-7,9H2,1H3,(H,17,19);1H/t10-;/m0./s1. The second kappa shape index (κ2) is 6.28. The second-order valence-electron chi connectivity index (χ2n) is 5.14. The van der Waals surface area contributed by atoms with E-state index in [1.54, 1.807) is 0 Å². The third-order valence-corrected chi connectivity index (χ3v) is 3.74. The van der Waals surface area contributed by atoms with Crippen LogP contribution in [-0.4, -0.2) is 41.5 Å². The molecule has 1 aliphatic rings. The highest BCUT2D eigenvalue weighted by atomic mass is 35.5. The quantitative estimate of drug-likeness (QED) is 0.836. The van der Waals surface area contributed by atoms with Gasteiger partial charge in [-0.05, 0) is 13.0 Å². The summed E-state index contributed by atoms with van der Waals surface area (Å²) in [5.74, 6) is -0.0682. The molecular formula is C15H18ClN3O2. The van der Waals surface area contributed by atoms with Gasteiger partial charge in [0.1, 0.15) is 0 Å². The SMILES string of the molecule is C[C@H]1CNCCN1C(=O)c1cc(=O)[nH]c2ccccc12.Cl. The number of nitrogens with one attached hydrogen (secondary N) is 2. The van der Waals surface area contributed by atoms with E-state index in [-0.39, 0.29) is 29.9 Å². The lowest BCUT2D eigenvalue weighted by molar-refractivity contribution is 0.0657. The molecule has 1 saturated heterocycles. The summed E-state index contributed by atoms with van der Waals surface area (Å²) >= 11 is 0. The molecule has 1 aromatic carbocycles. The summed E-state index contributed by atoms with van der Waals surface area (Å²) < 4.78 is 0. The maximum Gasteiger partial charge on any atom is 0.255 e. The number of pyridine rings is 1. The number of halogens is 1. The predicted octanol–water partition coefficient (Wildman–Crippen LogP) is 1.38. The summed E-state index contributed by atoms with van der Waals surface area (Å²) in [6.45, 7) is 4.25. The number of piperazine rings is 1. The summed E-state index contributed by atoms with van der Waals surface area (Å²) in [6, 6.07) is 8.94. The average molecular weight is 308 g/mol. The molecule has 0 bridgehead atoms. The third-order valence-electron chi connectivity index (χ3n) is 3.74. The minimum absolute atomic E-state index is 0. The van der Waals surface area contributed by atoms with Gasteiger partial charge in [-0.1, -0.05) is 18.2 Å². The minimum atomic E-state index is -0.241. The van der Waals surface area contributed by atoms with Gasteiger partial charge in [-0.15, -0.1) is 12.4 Å². The van der Waals surface area contributed by atoms with Gasteiger partial charge in [0.25, 0.3) is 5.91 Å². The zero-order valence-corrected chi connectivity index (χ0v) is 12.6. The summed E-state index contributed by atoms with van der Waals surface area (Å²) in [4.78, 5) is 29.0. The number of benzene rings is 1. The number of aromatic nitrogens is 1. The maximum absolute atomic E-state index is 12.7. The van der Waals surface area contributed by atoms with Crippen molar-refractivity contribution in [1.29, 1.82) is 0 Å². The van der Waals surface area contributed by atoms with E-state index in [2.05, 4.69) is 10.3 Å². The normalized spacial score (nSPS) is 18.3. The number of hydrogen-bond donors (Lipinski definition) is 2. The molecule has 112 valence electrons. The molecule has 0 radical (unpaired) electrons. The number of amides is 1. The van der Waals surface area contributed by atoms with E-state index in [4.69, 9.17) is 0 Å². The highest BCUT2D eigenvalue weighted by molar-refractivity contribution is 6.06. The van der Waals surface area contributed by atoms with Crippen LogP contribution in [0.15, 0.2) is 35.1 Å². The third kappa shape index (κ3) is 2.94. The molecule has 2 N–H and O–H groups in total. The van der Waals surface area contributed by atoms with Crippen molar-refractivity contribution >= 4 is 29.2 Å². The van der Waals surface area contributed by atoms with Gasteiger partial charge < -0.3 is 15.2 Å². The van der Waals surface area contributed by atoms with E-state index in [0.29, 0.717) is 17.6 Å². The predicted molar refractivity (Wildman–Crippen MR) is 85.2 cm³/mol. The van der Waals surface area contributed by atoms with Crippen molar-refractivity contribution in [1.82, 2.24) is 15.2 Å². The second-order valence-corrected chi connectivity index (χ2v) is 5.14. The zero-order valence-electron chi connectivity index (χ0n) is 11.8. The fourth-order valence-electron chi connectivity index (χ4n) is 2.68. The number of para-hydroxylation sites is 1. The summed E-state index contributed by atoms with van der Waals surface area (Å²) in [7, 11) is 0. The molecule has 0 saturated carbocycles. The molecule has 1 aromatic heterocycles. The molecule has 21 heavy (non-hydrogen) atoms. The smallest absolute Gasteiger partial charge is 0.255 e. The van der Waals surface area contributed by atoms with E-state index in [0.717, 1.165) is 18.5 Å². The zero-order chi connectivity index (χ0) is 14.1. The molecule has 6 heteroatoms. The van der Waals surface area contributed by atoms with Crippen LogP contribution in [0.25, 0.3) is 10.9 Å². The van der Waals surface area contributed by atoms with Gasteiger partial charge in [0.05, 0.1) is 5.56 Å². The molecular weight excluding hydrogens is 290 g/mol. The molecule has 2 aromatic rings. The molecule has 1 aliphatic heterocycles. The first-order valence-corrected chi connectivity index (χ1v) is 6.80. The number of fused-ring (bicyclic) bond motifs is 1. The summed E-state index contributed by atoms with van der Waals surface area (Å²) in [5.41, 5.74) is 0.944. The Balaban J connectivity index is 0.00000161. The Hall–Kier alpha value is -1.85. The van der Waals surface area contributed by atoms with Crippen LogP contribution >= 0.6 is 12.4 Å². The molecule has 2 heterocycles. The molecule has 0 unspecified atom stereocenters. The van der Waals surface area contributed by atoms with E-state index >= 15 is 0 Å². The van der Waals surface area contributed by atoms with Gasteiger partial charge in [-0.3, -0.25) is 9.59 Å². The Labute approximate surface area is 128 Å². The minimum Gasteiger partial charge on any atom is -0.333 e. The van der Waals surface area contributed by atoms with Crippen LogP contribution in [-0.2, 0) is 0 Å². The molecule has 3 rings (SSSR count). The van der Waals surface area contributed by atoms with Crippen molar-refractivity contribution < 1.29 is 4.79 Å². The highest BCUT2D eigenvalue weighted by Crippen LogP contribution is 2.18. The first kappa shape index (κ1) is 15.5. The molecule has 5 nitrogen and oxygen atoms in total. The fourth-order valence-corrected chi connectivity index (χ4v) is 2.68. The van der Waals surface area contributed by atoms with Crippen molar-refractivity contribution in [2.24, 2.45) is 0 Å². The Morgan fingerprint density at radius 2 is 2.10 bits per heavy atom. The van der Waals surface area contributed by atoms with E-state index in [1.165, 1.54) is 6.07 Å². The van der Waals surface area contributed by atoms with Crippen molar-refractivity contribution in [3.05, 3.63) is 46.2 Å². The lowest BCUT2D eigenvalue weighted by Crippen LogP contribution is -2.52. The van der Waals surface area contributed by atoms with Crippen LogP contribution in [0.2, 0.25) is 0 Å². The van der Waals surface area contributed by atoms with Gasteiger partial charge in [0.2, 0.25) is 5.56 Å². The lowest BCUT2D eigenvalue weighted by Gasteiger charge is -2.34. The maximum atomic E-state index is 12.7. The van der Waals surface area contributed by atoms with E-state index in [1.807, 2.05) is 36.1 Å². The van der Waals surface area contributed by atoms with E-state index < -0.39 is 0 Å². The van der Waals surface area contributed by atoms with Crippen LogP contribution in [0.5, 0.6) is 0 Å². The molecule has 1 fully saturated rings. The van der Waals surface area contributed by atoms with Gasteiger partial charge in [-0.2, -0.15) is 0 Å².